The van der Waals surface area contributed by atoms with E-state index in [1.807, 2.05) is 0 Å². The molecule has 0 bridgehead atoms. The number of sulfonamides is 1. The molecule has 14 heavy (non-hydrogen) atoms. The van der Waals surface area contributed by atoms with E-state index in [0.29, 0.717) is 0 Å². The smallest absolute Gasteiger partial charge is 0.212 e. The summed E-state index contributed by atoms with van der Waals surface area (Å²) in [7, 11) is -2.95. The molecule has 0 atom stereocenters. The van der Waals surface area contributed by atoms with E-state index in [9.17, 15) is 8.42 Å². The number of rotatable bonds is 3. The van der Waals surface area contributed by atoms with Gasteiger partial charge in [-0.05, 0) is 25.7 Å². The van der Waals surface area contributed by atoms with Crippen molar-refractivity contribution in [3.05, 3.63) is 0 Å². The fourth-order valence-electron chi connectivity index (χ4n) is 2.10. The third-order valence-corrected chi connectivity index (χ3v) is 5.16. The number of hydrogen-bond acceptors (Lipinski definition) is 2. The molecule has 0 aromatic carbocycles. The highest BCUT2D eigenvalue weighted by atomic mass is 32.2. The van der Waals surface area contributed by atoms with Crippen LogP contribution in [0.25, 0.3) is 0 Å². The van der Waals surface area contributed by atoms with Gasteiger partial charge in [0.2, 0.25) is 10.0 Å². The molecule has 0 aromatic rings. The van der Waals surface area contributed by atoms with E-state index in [1.54, 1.807) is 0 Å². The van der Waals surface area contributed by atoms with Gasteiger partial charge in [0.25, 0.3) is 0 Å². The van der Waals surface area contributed by atoms with Crippen molar-refractivity contribution >= 4 is 10.0 Å². The molecular weight excluding hydrogens is 198 g/mol. The lowest BCUT2D eigenvalue weighted by Gasteiger charge is -2.15. The molecule has 0 saturated heterocycles. The maximum Gasteiger partial charge on any atom is 0.214 e. The van der Waals surface area contributed by atoms with Crippen molar-refractivity contribution < 1.29 is 8.42 Å². The Kier molecular flexibility index (Phi) is 3.12. The first-order valence-electron chi connectivity index (χ1n) is 5.69. The van der Waals surface area contributed by atoms with Crippen LogP contribution in [0.5, 0.6) is 0 Å². The molecule has 0 spiro atoms. The normalized spacial score (nSPS) is 26.0. The van der Waals surface area contributed by atoms with Crippen molar-refractivity contribution in [2.24, 2.45) is 0 Å². The first-order chi connectivity index (χ1) is 6.68. The Hall–Kier alpha value is -0.0900. The summed E-state index contributed by atoms with van der Waals surface area (Å²) in [5.74, 6) is 0. The topological polar surface area (TPSA) is 46.2 Å². The molecule has 1 N–H and O–H groups in total. The van der Waals surface area contributed by atoms with Crippen LogP contribution in [-0.2, 0) is 10.0 Å². The Balaban J connectivity index is 1.88. The van der Waals surface area contributed by atoms with Gasteiger partial charge in [0.05, 0.1) is 5.25 Å². The molecule has 0 unspecified atom stereocenters. The van der Waals surface area contributed by atoms with Crippen LogP contribution < -0.4 is 4.72 Å². The third-order valence-electron chi connectivity index (χ3n) is 3.15. The van der Waals surface area contributed by atoms with Crippen LogP contribution in [0, 0.1) is 0 Å². The molecule has 0 aliphatic heterocycles. The maximum absolute atomic E-state index is 11.7. The fourth-order valence-corrected chi connectivity index (χ4v) is 3.75. The van der Waals surface area contributed by atoms with Crippen LogP contribution >= 0.6 is 0 Å². The van der Waals surface area contributed by atoms with E-state index >= 15 is 0 Å². The van der Waals surface area contributed by atoms with Crippen LogP contribution in [0.2, 0.25) is 0 Å². The molecule has 0 aromatic heterocycles. The van der Waals surface area contributed by atoms with Gasteiger partial charge in [-0.1, -0.05) is 25.7 Å². The molecule has 4 heteroatoms. The summed E-state index contributed by atoms with van der Waals surface area (Å²) < 4.78 is 26.2. The molecule has 82 valence electrons. The minimum Gasteiger partial charge on any atom is -0.212 e. The molecule has 0 amide bonds. The lowest BCUT2D eigenvalue weighted by molar-refractivity contribution is 0.509. The molecule has 0 heterocycles. The second kappa shape index (κ2) is 4.19. The van der Waals surface area contributed by atoms with Gasteiger partial charge in [-0.15, -0.1) is 0 Å². The van der Waals surface area contributed by atoms with Crippen molar-refractivity contribution in [2.75, 3.05) is 0 Å². The highest BCUT2D eigenvalue weighted by molar-refractivity contribution is 7.90. The SMILES string of the molecule is O=S(=O)(NC1CCCCCC1)C1CC1. The van der Waals surface area contributed by atoms with Crippen molar-refractivity contribution in [2.45, 2.75) is 62.7 Å². The lowest BCUT2D eigenvalue weighted by atomic mass is 10.1. The maximum atomic E-state index is 11.7. The number of hydrogen-bond donors (Lipinski definition) is 1. The zero-order valence-electron chi connectivity index (χ0n) is 8.54. The zero-order valence-corrected chi connectivity index (χ0v) is 9.35. The van der Waals surface area contributed by atoms with E-state index in [-0.39, 0.29) is 11.3 Å². The fraction of sp³-hybridized carbons (Fsp3) is 1.00. The van der Waals surface area contributed by atoms with Gasteiger partial charge >= 0.3 is 0 Å². The van der Waals surface area contributed by atoms with Crippen molar-refractivity contribution in [1.29, 1.82) is 0 Å². The van der Waals surface area contributed by atoms with Crippen LogP contribution in [0.4, 0.5) is 0 Å². The van der Waals surface area contributed by atoms with Crippen molar-refractivity contribution in [3.63, 3.8) is 0 Å². The second-order valence-electron chi connectivity index (χ2n) is 4.55. The molecule has 0 radical (unpaired) electrons. The Morgan fingerprint density at radius 2 is 1.43 bits per heavy atom. The summed E-state index contributed by atoms with van der Waals surface area (Å²) in [4.78, 5) is 0. The van der Waals surface area contributed by atoms with E-state index in [1.165, 1.54) is 25.7 Å². The van der Waals surface area contributed by atoms with Crippen LogP contribution in [0.1, 0.15) is 51.4 Å². The molecule has 2 aliphatic rings. The largest absolute Gasteiger partial charge is 0.214 e. The van der Waals surface area contributed by atoms with Gasteiger partial charge < -0.3 is 0 Å². The van der Waals surface area contributed by atoms with Gasteiger partial charge in [0.1, 0.15) is 0 Å². The predicted molar refractivity (Wildman–Crippen MR) is 56.6 cm³/mol. The van der Waals surface area contributed by atoms with Crippen LogP contribution in [0.15, 0.2) is 0 Å². The Labute approximate surface area is 86.3 Å². The van der Waals surface area contributed by atoms with Crippen molar-refractivity contribution in [3.8, 4) is 0 Å². The van der Waals surface area contributed by atoms with Gasteiger partial charge in [-0.3, -0.25) is 0 Å². The standard InChI is InChI=1S/C10H19NO2S/c12-14(13,10-7-8-10)11-9-5-3-1-2-4-6-9/h9-11H,1-8H2. The predicted octanol–water partition coefficient (Wildman–Crippen LogP) is 1.79. The van der Waals surface area contributed by atoms with E-state index in [2.05, 4.69) is 4.72 Å². The quantitative estimate of drug-likeness (QED) is 0.733. The van der Waals surface area contributed by atoms with Gasteiger partial charge in [0.15, 0.2) is 0 Å². The van der Waals surface area contributed by atoms with Gasteiger partial charge in [-0.2, -0.15) is 0 Å². The Morgan fingerprint density at radius 1 is 0.857 bits per heavy atom. The Morgan fingerprint density at radius 3 is 1.93 bits per heavy atom. The minimum atomic E-state index is -2.95. The summed E-state index contributed by atoms with van der Waals surface area (Å²) in [6.07, 6.45) is 8.68. The van der Waals surface area contributed by atoms with Gasteiger partial charge in [-0.25, -0.2) is 13.1 Å². The molecular formula is C10H19NO2S. The Bertz CT molecular complexity index is 274. The summed E-state index contributed by atoms with van der Waals surface area (Å²) in [5, 5.41) is -0.0641. The average molecular weight is 217 g/mol. The summed E-state index contributed by atoms with van der Waals surface area (Å²) >= 11 is 0. The number of nitrogens with one attached hydrogen (secondary N) is 1. The van der Waals surface area contributed by atoms with Crippen LogP contribution in [-0.4, -0.2) is 19.7 Å². The minimum absolute atomic E-state index is 0.0641. The monoisotopic (exact) mass is 217 g/mol. The summed E-state index contributed by atoms with van der Waals surface area (Å²) in [6.45, 7) is 0. The molecule has 2 saturated carbocycles. The first kappa shape index (κ1) is 10.4. The highest BCUT2D eigenvalue weighted by Crippen LogP contribution is 2.28. The molecule has 2 rings (SSSR count). The zero-order chi connectivity index (χ0) is 10.0. The summed E-state index contributed by atoms with van der Waals surface area (Å²) in [5.41, 5.74) is 0. The lowest BCUT2D eigenvalue weighted by Crippen LogP contribution is -2.36. The average Bonchev–Trinajstić information content (AvgIpc) is 2.90. The first-order valence-corrected chi connectivity index (χ1v) is 7.24. The summed E-state index contributed by atoms with van der Waals surface area (Å²) in [6, 6.07) is 0.225. The third kappa shape index (κ3) is 2.70. The van der Waals surface area contributed by atoms with E-state index in [4.69, 9.17) is 0 Å². The second-order valence-corrected chi connectivity index (χ2v) is 6.54. The molecule has 2 fully saturated rings. The molecule has 2 aliphatic carbocycles. The van der Waals surface area contributed by atoms with Gasteiger partial charge in [0, 0.05) is 6.04 Å². The van der Waals surface area contributed by atoms with Crippen molar-refractivity contribution in [1.82, 2.24) is 4.72 Å². The molecule has 3 nitrogen and oxygen atoms in total. The van der Waals surface area contributed by atoms with E-state index in [0.717, 1.165) is 25.7 Å². The highest BCUT2D eigenvalue weighted by Gasteiger charge is 2.36. The van der Waals surface area contributed by atoms with E-state index < -0.39 is 10.0 Å². The van der Waals surface area contributed by atoms with Crippen LogP contribution in [0.3, 0.4) is 0 Å².